The van der Waals surface area contributed by atoms with Crippen LogP contribution in [0.3, 0.4) is 0 Å². The number of halogens is 2. The van der Waals surface area contributed by atoms with Crippen LogP contribution < -0.4 is 4.18 Å². The van der Waals surface area contributed by atoms with Gasteiger partial charge in [-0.25, -0.2) is 4.98 Å². The zero-order chi connectivity index (χ0) is 17.5. The SMILES string of the molecule is Cc1ccc2cccc(OS(=O)(=O)c3cc(C)c(Cl)cc3Cl)c2n1. The number of benzene rings is 2. The summed E-state index contributed by atoms with van der Waals surface area (Å²) in [6.45, 7) is 3.52. The van der Waals surface area contributed by atoms with E-state index in [1.54, 1.807) is 19.1 Å². The second-order valence-electron chi connectivity index (χ2n) is 5.35. The van der Waals surface area contributed by atoms with E-state index in [-0.39, 0.29) is 15.7 Å². The summed E-state index contributed by atoms with van der Waals surface area (Å²) < 4.78 is 30.6. The second kappa shape index (κ2) is 6.24. The van der Waals surface area contributed by atoms with E-state index in [9.17, 15) is 8.42 Å². The van der Waals surface area contributed by atoms with E-state index in [2.05, 4.69) is 4.98 Å². The van der Waals surface area contributed by atoms with Gasteiger partial charge in [0.1, 0.15) is 10.4 Å². The largest absolute Gasteiger partial charge is 0.377 e. The fraction of sp³-hybridized carbons (Fsp3) is 0.118. The standard InChI is InChI=1S/C17H13Cl2NO3S/c1-10-8-16(14(19)9-13(10)18)24(21,22)23-15-5-3-4-12-7-6-11(2)20-17(12)15/h3-9H,1-2H3. The van der Waals surface area contributed by atoms with Crippen molar-refractivity contribution in [3.05, 3.63) is 63.8 Å². The van der Waals surface area contributed by atoms with Crippen LogP contribution in [0.1, 0.15) is 11.3 Å². The van der Waals surface area contributed by atoms with Crippen LogP contribution in [0.15, 0.2) is 47.4 Å². The first-order chi connectivity index (χ1) is 11.3. The zero-order valence-corrected chi connectivity index (χ0v) is 15.2. The maximum absolute atomic E-state index is 12.6. The van der Waals surface area contributed by atoms with Crippen molar-refractivity contribution in [3.63, 3.8) is 0 Å². The Morgan fingerprint density at radius 1 is 1.00 bits per heavy atom. The van der Waals surface area contributed by atoms with Gasteiger partial charge in [0.15, 0.2) is 5.75 Å². The van der Waals surface area contributed by atoms with Crippen molar-refractivity contribution in [3.8, 4) is 5.75 Å². The lowest BCUT2D eigenvalue weighted by atomic mass is 10.2. The Morgan fingerprint density at radius 2 is 1.75 bits per heavy atom. The van der Waals surface area contributed by atoms with Crippen molar-refractivity contribution in [2.45, 2.75) is 18.7 Å². The van der Waals surface area contributed by atoms with Gasteiger partial charge in [-0.3, -0.25) is 0 Å². The van der Waals surface area contributed by atoms with Crippen LogP contribution in [-0.2, 0) is 10.1 Å². The third kappa shape index (κ3) is 3.20. The van der Waals surface area contributed by atoms with Crippen molar-refractivity contribution in [2.75, 3.05) is 0 Å². The first-order valence-corrected chi connectivity index (χ1v) is 9.21. The van der Waals surface area contributed by atoms with Gasteiger partial charge in [-0.1, -0.05) is 41.4 Å². The Labute approximate surface area is 150 Å². The number of para-hydroxylation sites is 1. The maximum atomic E-state index is 12.6. The zero-order valence-electron chi connectivity index (χ0n) is 12.9. The number of fused-ring (bicyclic) bond motifs is 1. The van der Waals surface area contributed by atoms with Gasteiger partial charge >= 0.3 is 10.1 Å². The molecule has 0 spiro atoms. The fourth-order valence-electron chi connectivity index (χ4n) is 2.27. The molecule has 0 amide bonds. The smallest absolute Gasteiger partial charge is 0.340 e. The van der Waals surface area contributed by atoms with E-state index in [1.165, 1.54) is 12.1 Å². The van der Waals surface area contributed by atoms with E-state index in [1.807, 2.05) is 25.1 Å². The summed E-state index contributed by atoms with van der Waals surface area (Å²) in [6.07, 6.45) is 0. The van der Waals surface area contributed by atoms with Crippen LogP contribution in [0.5, 0.6) is 5.75 Å². The third-order valence-corrected chi connectivity index (χ3v) is 5.61. The molecule has 1 aromatic heterocycles. The van der Waals surface area contributed by atoms with Gasteiger partial charge in [-0.2, -0.15) is 8.42 Å². The fourth-order valence-corrected chi connectivity index (χ4v) is 4.02. The molecule has 0 aliphatic carbocycles. The lowest BCUT2D eigenvalue weighted by Crippen LogP contribution is -2.11. The predicted molar refractivity (Wildman–Crippen MR) is 95.5 cm³/mol. The molecule has 0 radical (unpaired) electrons. The molecule has 0 atom stereocenters. The number of aromatic nitrogens is 1. The number of hydrogen-bond donors (Lipinski definition) is 0. The van der Waals surface area contributed by atoms with Crippen molar-refractivity contribution in [2.24, 2.45) is 0 Å². The van der Waals surface area contributed by atoms with Crippen molar-refractivity contribution >= 4 is 44.2 Å². The number of nitrogens with zero attached hydrogens (tertiary/aromatic N) is 1. The molecule has 0 bridgehead atoms. The van der Waals surface area contributed by atoms with Crippen LogP contribution in [0.2, 0.25) is 10.0 Å². The average molecular weight is 382 g/mol. The average Bonchev–Trinajstić information content (AvgIpc) is 2.51. The molecule has 0 aliphatic rings. The summed E-state index contributed by atoms with van der Waals surface area (Å²) in [7, 11) is -4.12. The first-order valence-electron chi connectivity index (χ1n) is 7.04. The molecule has 24 heavy (non-hydrogen) atoms. The van der Waals surface area contributed by atoms with Crippen molar-refractivity contribution in [1.82, 2.24) is 4.98 Å². The monoisotopic (exact) mass is 381 g/mol. The molecule has 0 unspecified atom stereocenters. The molecule has 1 heterocycles. The van der Waals surface area contributed by atoms with E-state index in [4.69, 9.17) is 27.4 Å². The van der Waals surface area contributed by atoms with Gasteiger partial charge in [0, 0.05) is 16.1 Å². The molecule has 124 valence electrons. The quantitative estimate of drug-likeness (QED) is 0.603. The third-order valence-electron chi connectivity index (χ3n) is 3.50. The minimum atomic E-state index is -4.12. The second-order valence-corrected chi connectivity index (χ2v) is 7.68. The highest BCUT2D eigenvalue weighted by atomic mass is 35.5. The molecule has 0 saturated heterocycles. The number of hydrogen-bond acceptors (Lipinski definition) is 4. The summed E-state index contributed by atoms with van der Waals surface area (Å²) in [5.74, 6) is 0.153. The first kappa shape index (κ1) is 17.0. The molecule has 7 heteroatoms. The van der Waals surface area contributed by atoms with Crippen molar-refractivity contribution in [1.29, 1.82) is 0 Å². The molecule has 0 N–H and O–H groups in total. The topological polar surface area (TPSA) is 56.3 Å². The molecule has 0 aliphatic heterocycles. The Morgan fingerprint density at radius 3 is 2.50 bits per heavy atom. The van der Waals surface area contributed by atoms with Crippen LogP contribution in [0, 0.1) is 13.8 Å². The van der Waals surface area contributed by atoms with Crippen LogP contribution >= 0.6 is 23.2 Å². The lowest BCUT2D eigenvalue weighted by molar-refractivity contribution is 0.488. The Bertz CT molecular complexity index is 1050. The van der Waals surface area contributed by atoms with Crippen LogP contribution in [0.25, 0.3) is 10.9 Å². The van der Waals surface area contributed by atoms with Gasteiger partial charge in [0.2, 0.25) is 0 Å². The Balaban J connectivity index is 2.11. The predicted octanol–water partition coefficient (Wildman–Crippen LogP) is 4.93. The summed E-state index contributed by atoms with van der Waals surface area (Å²) >= 11 is 12.0. The van der Waals surface area contributed by atoms with Gasteiger partial charge in [0.25, 0.3) is 0 Å². The number of pyridine rings is 1. The van der Waals surface area contributed by atoms with Gasteiger partial charge in [-0.05, 0) is 43.7 Å². The highest BCUT2D eigenvalue weighted by molar-refractivity contribution is 7.87. The molecule has 3 rings (SSSR count). The van der Waals surface area contributed by atoms with Crippen molar-refractivity contribution < 1.29 is 12.6 Å². The lowest BCUT2D eigenvalue weighted by Gasteiger charge is -2.11. The normalized spacial score (nSPS) is 11.7. The van der Waals surface area contributed by atoms with Gasteiger partial charge in [0.05, 0.1) is 5.02 Å². The van der Waals surface area contributed by atoms with E-state index in [0.717, 1.165) is 11.1 Å². The van der Waals surface area contributed by atoms with E-state index >= 15 is 0 Å². The van der Waals surface area contributed by atoms with Gasteiger partial charge < -0.3 is 4.18 Å². The Hall–Kier alpha value is -1.82. The molecule has 4 nitrogen and oxygen atoms in total. The summed E-state index contributed by atoms with van der Waals surface area (Å²) in [4.78, 5) is 4.24. The summed E-state index contributed by atoms with van der Waals surface area (Å²) in [6, 6.07) is 11.6. The van der Waals surface area contributed by atoms with Crippen LogP contribution in [-0.4, -0.2) is 13.4 Å². The highest BCUT2D eigenvalue weighted by Crippen LogP contribution is 2.32. The number of aryl methyl sites for hydroxylation is 2. The summed E-state index contributed by atoms with van der Waals surface area (Å²) in [5.41, 5.74) is 1.83. The maximum Gasteiger partial charge on any atom is 0.340 e. The molecular weight excluding hydrogens is 369 g/mol. The van der Waals surface area contributed by atoms with E-state index < -0.39 is 10.1 Å². The Kier molecular flexibility index (Phi) is 4.42. The number of rotatable bonds is 3. The molecule has 0 fully saturated rings. The minimum Gasteiger partial charge on any atom is -0.377 e. The molecule has 3 aromatic rings. The minimum absolute atomic E-state index is 0.00924. The van der Waals surface area contributed by atoms with Gasteiger partial charge in [-0.15, -0.1) is 0 Å². The van der Waals surface area contributed by atoms with Crippen LogP contribution in [0.4, 0.5) is 0 Å². The van der Waals surface area contributed by atoms with E-state index in [0.29, 0.717) is 16.1 Å². The molecule has 0 saturated carbocycles. The summed E-state index contributed by atoms with van der Waals surface area (Å²) in [5, 5.41) is 1.18. The highest BCUT2D eigenvalue weighted by Gasteiger charge is 2.23. The molecule has 2 aromatic carbocycles. The molecular formula is C17H13Cl2NO3S.